The monoisotopic (exact) mass is 1160 g/mol. The lowest BCUT2D eigenvalue weighted by atomic mass is 9.12. The van der Waals surface area contributed by atoms with Crippen molar-refractivity contribution in [1.82, 2.24) is 4.98 Å². The first-order valence-corrected chi connectivity index (χ1v) is 22.5. The SMILES string of the molecule is FC(F)(F)c1cc([B-](c2cc(C(F)(F)F)cc(C(F)(F)F)c2)(c2cc(C(F)(F)F)cc(C(F)(F)F)c2)c2cc(C(F)(F)F)cc(C(F)(F)F)c2)cc(C(F)(F)F)c1.O=C(OC1CCCCC1)c1c[n+](Cc2ccccc2)ccn1. The molecule has 1 aliphatic rings. The molecule has 426 valence electrons. The predicted molar refractivity (Wildman–Crippen MR) is 232 cm³/mol. The maximum atomic E-state index is 14.2. The molecule has 5 aromatic carbocycles. The number of hydrogen-bond acceptors (Lipinski definition) is 3. The second kappa shape index (κ2) is 21.9. The molecule has 6 aromatic rings. The molecule has 1 heterocycles. The molecule has 1 aliphatic carbocycles. The lowest BCUT2D eigenvalue weighted by Gasteiger charge is -2.46. The summed E-state index contributed by atoms with van der Waals surface area (Å²) in [5.41, 5.74) is -28.6. The molecule has 4 nitrogen and oxygen atoms in total. The predicted octanol–water partition coefficient (Wildman–Crippen LogP) is 14.1. The van der Waals surface area contributed by atoms with E-state index < -0.39 is 195 Å². The van der Waals surface area contributed by atoms with Gasteiger partial charge in [0, 0.05) is 5.56 Å². The van der Waals surface area contributed by atoms with Crippen molar-refractivity contribution in [2.45, 2.75) is 94.2 Å². The summed E-state index contributed by atoms with van der Waals surface area (Å²) in [6.45, 7) is 0.715. The van der Waals surface area contributed by atoms with Crippen LogP contribution in [-0.2, 0) is 60.7 Å². The van der Waals surface area contributed by atoms with Crippen molar-refractivity contribution >= 4 is 34.0 Å². The summed E-state index contributed by atoms with van der Waals surface area (Å²) in [6, 6.07) is 1.33. The summed E-state index contributed by atoms with van der Waals surface area (Å²) < 4.78 is 348. The molecule has 0 atom stereocenters. The number of rotatable bonds is 8. The quantitative estimate of drug-likeness (QED) is 0.0660. The number of hydrogen-bond donors (Lipinski definition) is 0. The van der Waals surface area contributed by atoms with E-state index in [1.807, 2.05) is 29.0 Å². The zero-order valence-corrected chi connectivity index (χ0v) is 39.2. The highest BCUT2D eigenvalue weighted by Gasteiger charge is 2.47. The van der Waals surface area contributed by atoms with Gasteiger partial charge in [-0.25, -0.2) is 9.78 Å². The lowest BCUT2D eigenvalue weighted by Crippen LogP contribution is -2.75. The van der Waals surface area contributed by atoms with Crippen LogP contribution in [0.3, 0.4) is 0 Å². The highest BCUT2D eigenvalue weighted by molar-refractivity contribution is 7.20. The smallest absolute Gasteiger partial charge is 0.416 e. The van der Waals surface area contributed by atoms with Crippen LogP contribution in [0.4, 0.5) is 105 Å². The summed E-state index contributed by atoms with van der Waals surface area (Å²) in [5, 5.41) is 0. The highest BCUT2D eigenvalue weighted by Crippen LogP contribution is 2.41. The van der Waals surface area contributed by atoms with Crippen molar-refractivity contribution in [3.63, 3.8) is 0 Å². The number of ether oxygens (including phenoxy) is 1. The van der Waals surface area contributed by atoms with E-state index in [9.17, 15) is 110 Å². The number of esters is 1. The molecular weight excluding hydrogens is 1130 g/mol. The number of nitrogens with zero attached hydrogens (tertiary/aromatic N) is 2. The van der Waals surface area contributed by atoms with E-state index >= 15 is 0 Å². The summed E-state index contributed by atoms with van der Waals surface area (Å²) in [6.07, 6.45) is -44.0. The lowest BCUT2D eigenvalue weighted by molar-refractivity contribution is -0.689. The Balaban J connectivity index is 0.000000378. The van der Waals surface area contributed by atoms with Crippen LogP contribution < -0.4 is 26.4 Å². The van der Waals surface area contributed by atoms with Crippen molar-refractivity contribution in [2.75, 3.05) is 0 Å². The Morgan fingerprint density at radius 2 is 0.734 bits per heavy atom. The van der Waals surface area contributed by atoms with E-state index in [1.165, 1.54) is 12.0 Å². The molecule has 7 rings (SSSR count). The van der Waals surface area contributed by atoms with Crippen molar-refractivity contribution < 1.29 is 119 Å². The van der Waals surface area contributed by atoms with Crippen LogP contribution >= 0.6 is 0 Å². The fourth-order valence-electron chi connectivity index (χ4n) is 8.90. The zero-order valence-electron chi connectivity index (χ0n) is 39.2. The molecule has 0 radical (unpaired) electrons. The highest BCUT2D eigenvalue weighted by atomic mass is 19.4. The molecule has 0 spiro atoms. The minimum atomic E-state index is -6.13. The molecule has 0 N–H and O–H groups in total. The fourth-order valence-corrected chi connectivity index (χ4v) is 8.90. The fraction of sp³-hybridized carbons (Fsp3) is 0.300. The Kier molecular flexibility index (Phi) is 17.0. The van der Waals surface area contributed by atoms with E-state index in [4.69, 9.17) is 4.74 Å². The van der Waals surface area contributed by atoms with Gasteiger partial charge >= 0.3 is 55.4 Å². The summed E-state index contributed by atoms with van der Waals surface area (Å²) in [5.74, 6) is -0.311. The number of halogens is 24. The van der Waals surface area contributed by atoms with Crippen LogP contribution in [0, 0.1) is 0 Å². The minimum absolute atomic E-state index is 0.0610. The van der Waals surface area contributed by atoms with Gasteiger partial charge in [-0.05, 0) is 49.9 Å². The standard InChI is InChI=1S/C32H12BF24.C18H21N2O2/c34-25(35,36)13-1-14(26(37,38)39)6-21(5-13)33(22-7-15(27(40,41)42)2-16(8-22)28(43,44)45,23-9-17(29(46,47)48)3-18(10-23)30(49,50)51)24-11-19(31(52,53)54)4-20(12-24)32(55,56)57;21-18(22-16-9-5-2-6-10-16)17-14-20(12-11-19-17)13-15-7-3-1-4-8-15/h1-12H;1,3-4,7-8,11-12,14,16H,2,5-6,9-10,13H2/q-1;+1. The molecule has 1 fully saturated rings. The van der Waals surface area contributed by atoms with Crippen LogP contribution in [0.15, 0.2) is 122 Å². The summed E-state index contributed by atoms with van der Waals surface area (Å²) in [7, 11) is 0. The molecule has 79 heavy (non-hydrogen) atoms. The van der Waals surface area contributed by atoms with E-state index in [1.54, 1.807) is 12.4 Å². The summed E-state index contributed by atoms with van der Waals surface area (Å²) >= 11 is 0. The molecule has 0 saturated heterocycles. The number of benzene rings is 5. The molecule has 0 amide bonds. The third-order valence-electron chi connectivity index (χ3n) is 12.4. The van der Waals surface area contributed by atoms with Crippen molar-refractivity contribution in [3.05, 3.63) is 177 Å². The van der Waals surface area contributed by atoms with Gasteiger partial charge in [0.1, 0.15) is 12.2 Å². The second-order valence-electron chi connectivity index (χ2n) is 18.0. The van der Waals surface area contributed by atoms with Gasteiger partial charge < -0.3 is 4.74 Å². The van der Waals surface area contributed by atoms with Crippen LogP contribution in [0.25, 0.3) is 0 Å². The Morgan fingerprint density at radius 1 is 0.443 bits per heavy atom. The Hall–Kier alpha value is -6.97. The second-order valence-corrected chi connectivity index (χ2v) is 18.0. The van der Waals surface area contributed by atoms with Crippen LogP contribution in [0.2, 0.25) is 0 Å². The topological polar surface area (TPSA) is 43.1 Å². The number of carbonyl (C=O) groups is 1. The zero-order chi connectivity index (χ0) is 59.1. The first-order chi connectivity index (χ1) is 36.1. The van der Waals surface area contributed by atoms with Gasteiger partial charge in [-0.1, -0.05) is 85.3 Å². The van der Waals surface area contributed by atoms with Crippen molar-refractivity contribution in [3.8, 4) is 0 Å². The van der Waals surface area contributed by atoms with Crippen molar-refractivity contribution in [1.29, 1.82) is 0 Å². The molecule has 0 unspecified atom stereocenters. The van der Waals surface area contributed by atoms with E-state index in [-0.39, 0.29) is 12.1 Å². The molecule has 1 saturated carbocycles. The maximum absolute atomic E-state index is 14.2. The molecule has 0 bridgehead atoms. The van der Waals surface area contributed by atoms with Gasteiger partial charge in [-0.15, -0.1) is 0 Å². The van der Waals surface area contributed by atoms with Crippen molar-refractivity contribution in [2.24, 2.45) is 0 Å². The number of carbonyl (C=O) groups excluding carboxylic acids is 1. The Bertz CT molecular complexity index is 2690. The van der Waals surface area contributed by atoms with E-state index in [0.29, 0.717) is 12.2 Å². The van der Waals surface area contributed by atoms with Gasteiger partial charge in [0.05, 0.1) is 50.7 Å². The van der Waals surface area contributed by atoms with Gasteiger partial charge in [0.15, 0.2) is 12.7 Å². The average Bonchev–Trinajstić information content (AvgIpc) is 3.38. The summed E-state index contributed by atoms with van der Waals surface area (Å²) in [4.78, 5) is 16.4. The number of alkyl halides is 24. The van der Waals surface area contributed by atoms with Crippen LogP contribution in [0.1, 0.15) is 92.7 Å². The minimum Gasteiger partial charge on any atom is -0.457 e. The third kappa shape index (κ3) is 14.8. The first kappa shape index (κ1) is 61.3. The van der Waals surface area contributed by atoms with Gasteiger partial charge in [0.25, 0.3) is 0 Å². The first-order valence-electron chi connectivity index (χ1n) is 22.5. The normalized spacial score (nSPS) is 14.6. The van der Waals surface area contributed by atoms with Gasteiger partial charge in [-0.2, -0.15) is 132 Å². The molecule has 1 aromatic heterocycles. The number of aromatic nitrogens is 2. The maximum Gasteiger partial charge on any atom is 0.416 e. The van der Waals surface area contributed by atoms with Crippen LogP contribution in [0.5, 0.6) is 0 Å². The third-order valence-corrected chi connectivity index (χ3v) is 12.4. The van der Waals surface area contributed by atoms with E-state index in [2.05, 4.69) is 17.1 Å². The molecule has 29 heteroatoms. The average molecular weight is 1160 g/mol. The van der Waals surface area contributed by atoms with E-state index in [0.717, 1.165) is 25.7 Å². The van der Waals surface area contributed by atoms with Gasteiger partial charge in [-0.3, -0.25) is 0 Å². The van der Waals surface area contributed by atoms with Crippen LogP contribution in [-0.4, -0.2) is 23.2 Å². The largest absolute Gasteiger partial charge is 0.457 e. The molecular formula is C50H33BF24N2O2. The Morgan fingerprint density at radius 3 is 1.01 bits per heavy atom. The van der Waals surface area contributed by atoms with Gasteiger partial charge in [0.2, 0.25) is 11.9 Å². The molecule has 0 aliphatic heterocycles. The Labute approximate surface area is 429 Å².